The van der Waals surface area contributed by atoms with Crippen LogP contribution in [0.1, 0.15) is 42.9 Å². The first kappa shape index (κ1) is 22.1. The number of aromatic amines is 1. The van der Waals surface area contributed by atoms with Gasteiger partial charge in [-0.05, 0) is 42.9 Å². The minimum atomic E-state index is -2.92. The zero-order chi connectivity index (χ0) is 21.7. The van der Waals surface area contributed by atoms with Gasteiger partial charge in [0.2, 0.25) is 0 Å². The summed E-state index contributed by atoms with van der Waals surface area (Å²) in [6.07, 6.45) is 6.15. The molecule has 2 heterocycles. The van der Waals surface area contributed by atoms with Gasteiger partial charge in [0.25, 0.3) is 5.56 Å². The lowest BCUT2D eigenvalue weighted by Crippen LogP contribution is -2.14. The van der Waals surface area contributed by atoms with E-state index in [9.17, 15) is 13.2 Å². The second-order valence-corrected chi connectivity index (χ2v) is 10.1. The normalized spacial score (nSPS) is 11.8. The van der Waals surface area contributed by atoms with Crippen molar-refractivity contribution in [2.75, 3.05) is 17.3 Å². The minimum absolute atomic E-state index is 0.179. The average molecular weight is 431 g/mol. The fourth-order valence-corrected chi connectivity index (χ4v) is 4.33. The molecule has 0 saturated heterocycles. The summed E-state index contributed by atoms with van der Waals surface area (Å²) in [4.78, 5) is 19.9. The molecule has 0 atom stereocenters. The highest BCUT2D eigenvalue weighted by Gasteiger charge is 2.10. The number of fused-ring (bicyclic) bond motifs is 1. The molecule has 0 radical (unpaired) electrons. The zero-order valence-electron chi connectivity index (χ0n) is 17.9. The van der Waals surface area contributed by atoms with E-state index in [2.05, 4.69) is 47.3 Å². The maximum atomic E-state index is 12.6. The molecule has 30 heavy (non-hydrogen) atoms. The van der Waals surface area contributed by atoms with Crippen LogP contribution < -0.4 is 10.9 Å². The number of hydrogen-bond donors (Lipinski definition) is 2. The Balaban J connectivity index is 1.64. The maximum Gasteiger partial charge on any atom is 0.275 e. The minimum Gasteiger partial charge on any atom is -0.367 e. The summed E-state index contributed by atoms with van der Waals surface area (Å²) in [6.45, 7) is 5.52. The maximum absolute atomic E-state index is 12.6. The smallest absolute Gasteiger partial charge is 0.275 e. The van der Waals surface area contributed by atoms with Crippen LogP contribution in [0.15, 0.2) is 35.4 Å². The van der Waals surface area contributed by atoms with Crippen molar-refractivity contribution in [2.24, 2.45) is 0 Å². The number of nitrogens with one attached hydrogen (secondary N) is 2. The molecule has 0 fully saturated rings. The standard InChI is InChI=1S/C22H30N4O3S/c1-4-18-12-17(9-8-16(18)2)14-23-20-13-19-21(22(27)25-20)26(15-24-19)10-6-5-7-11-30(3,28)29/h8-9,12-13,15H,4-7,10-11,14H2,1-3H3,(H2,23,25,27). The van der Waals surface area contributed by atoms with Gasteiger partial charge in [0.05, 0.1) is 11.8 Å². The summed E-state index contributed by atoms with van der Waals surface area (Å²) in [5, 5.41) is 3.29. The molecule has 2 N–H and O–H groups in total. The van der Waals surface area contributed by atoms with E-state index in [0.717, 1.165) is 24.8 Å². The van der Waals surface area contributed by atoms with E-state index in [1.165, 1.54) is 17.4 Å². The highest BCUT2D eigenvalue weighted by Crippen LogP contribution is 2.16. The Hall–Kier alpha value is -2.61. The number of nitrogens with zero attached hydrogens (tertiary/aromatic N) is 2. The molecule has 0 saturated carbocycles. The fraction of sp³-hybridized carbons (Fsp3) is 0.455. The van der Waals surface area contributed by atoms with Crippen molar-refractivity contribution in [3.8, 4) is 0 Å². The third kappa shape index (κ3) is 5.72. The predicted molar refractivity (Wildman–Crippen MR) is 122 cm³/mol. The number of pyridine rings is 1. The van der Waals surface area contributed by atoms with Crippen molar-refractivity contribution in [3.63, 3.8) is 0 Å². The number of sulfone groups is 1. The molecular weight excluding hydrogens is 400 g/mol. The van der Waals surface area contributed by atoms with E-state index < -0.39 is 9.84 Å². The van der Waals surface area contributed by atoms with Gasteiger partial charge in [-0.1, -0.05) is 31.5 Å². The number of aryl methyl sites for hydroxylation is 3. The Bertz CT molecular complexity index is 1180. The van der Waals surface area contributed by atoms with Crippen LogP contribution in [0.4, 0.5) is 5.82 Å². The zero-order valence-corrected chi connectivity index (χ0v) is 18.7. The molecule has 0 amide bonds. The Morgan fingerprint density at radius 1 is 1.17 bits per heavy atom. The van der Waals surface area contributed by atoms with Gasteiger partial charge in [-0.15, -0.1) is 0 Å². The molecule has 0 aliphatic heterocycles. The van der Waals surface area contributed by atoms with Crippen LogP contribution in [0.3, 0.4) is 0 Å². The molecule has 0 aliphatic rings. The summed E-state index contributed by atoms with van der Waals surface area (Å²) >= 11 is 0. The number of aromatic nitrogens is 3. The highest BCUT2D eigenvalue weighted by molar-refractivity contribution is 7.90. The average Bonchev–Trinajstić information content (AvgIpc) is 3.09. The number of benzene rings is 1. The van der Waals surface area contributed by atoms with Crippen molar-refractivity contribution in [1.29, 1.82) is 0 Å². The van der Waals surface area contributed by atoms with Crippen LogP contribution in [-0.2, 0) is 29.3 Å². The number of imidazole rings is 1. The Labute approximate surface area is 177 Å². The molecule has 0 aliphatic carbocycles. The second-order valence-electron chi connectivity index (χ2n) is 7.84. The second kappa shape index (κ2) is 9.47. The van der Waals surface area contributed by atoms with E-state index in [1.807, 2.05) is 10.6 Å². The first-order valence-electron chi connectivity index (χ1n) is 10.3. The van der Waals surface area contributed by atoms with Gasteiger partial charge in [0.15, 0.2) is 0 Å². The van der Waals surface area contributed by atoms with Gasteiger partial charge in [0, 0.05) is 31.2 Å². The molecular formula is C22H30N4O3S. The van der Waals surface area contributed by atoms with Gasteiger partial charge >= 0.3 is 0 Å². The van der Waals surface area contributed by atoms with Gasteiger partial charge in [-0.2, -0.15) is 0 Å². The molecule has 162 valence electrons. The van der Waals surface area contributed by atoms with E-state index in [1.54, 1.807) is 6.33 Å². The molecule has 0 unspecified atom stereocenters. The summed E-state index contributed by atoms with van der Waals surface area (Å²) in [5.41, 5.74) is 4.80. The summed E-state index contributed by atoms with van der Waals surface area (Å²) < 4.78 is 24.2. The lowest BCUT2D eigenvalue weighted by atomic mass is 10.0. The predicted octanol–water partition coefficient (Wildman–Crippen LogP) is 3.42. The molecule has 0 spiro atoms. The number of rotatable bonds is 10. The van der Waals surface area contributed by atoms with E-state index in [0.29, 0.717) is 36.4 Å². The number of anilines is 1. The number of H-pyrrole nitrogens is 1. The lowest BCUT2D eigenvalue weighted by molar-refractivity contribution is 0.584. The van der Waals surface area contributed by atoms with Gasteiger partial charge in [-0.3, -0.25) is 4.79 Å². The molecule has 3 aromatic rings. The Kier molecular flexibility index (Phi) is 6.97. The van der Waals surface area contributed by atoms with Crippen molar-refractivity contribution < 1.29 is 8.42 Å². The van der Waals surface area contributed by atoms with E-state index in [-0.39, 0.29) is 11.3 Å². The van der Waals surface area contributed by atoms with Crippen LogP contribution in [0, 0.1) is 6.92 Å². The summed E-state index contributed by atoms with van der Waals surface area (Å²) in [7, 11) is -2.92. The fourth-order valence-electron chi connectivity index (χ4n) is 3.61. The molecule has 8 heteroatoms. The van der Waals surface area contributed by atoms with E-state index in [4.69, 9.17) is 0 Å². The highest BCUT2D eigenvalue weighted by atomic mass is 32.2. The van der Waals surface area contributed by atoms with Crippen molar-refractivity contribution in [2.45, 2.75) is 52.6 Å². The molecule has 3 rings (SSSR count). The lowest BCUT2D eigenvalue weighted by Gasteiger charge is -2.10. The van der Waals surface area contributed by atoms with Crippen LogP contribution in [0.5, 0.6) is 0 Å². The quantitative estimate of drug-likeness (QED) is 0.481. The largest absolute Gasteiger partial charge is 0.367 e. The number of hydrogen-bond acceptors (Lipinski definition) is 5. The summed E-state index contributed by atoms with van der Waals surface area (Å²) in [6, 6.07) is 8.26. The monoisotopic (exact) mass is 430 g/mol. The van der Waals surface area contributed by atoms with Gasteiger partial charge < -0.3 is 14.9 Å². The molecule has 1 aromatic carbocycles. The third-order valence-electron chi connectivity index (χ3n) is 5.30. The SMILES string of the molecule is CCc1cc(CNc2cc3ncn(CCCCCS(C)(=O)=O)c3c(=O)[nH]2)ccc1C. The van der Waals surface area contributed by atoms with Crippen LogP contribution in [-0.4, -0.2) is 35.0 Å². The first-order valence-corrected chi connectivity index (χ1v) is 12.4. The van der Waals surface area contributed by atoms with Crippen LogP contribution in [0.2, 0.25) is 0 Å². The van der Waals surface area contributed by atoms with Crippen molar-refractivity contribution >= 4 is 26.7 Å². The topological polar surface area (TPSA) is 96.8 Å². The third-order valence-corrected chi connectivity index (χ3v) is 6.33. The van der Waals surface area contributed by atoms with Crippen molar-refractivity contribution in [1.82, 2.24) is 14.5 Å². The van der Waals surface area contributed by atoms with Crippen LogP contribution in [0.25, 0.3) is 11.0 Å². The van der Waals surface area contributed by atoms with E-state index >= 15 is 0 Å². The molecule has 0 bridgehead atoms. The summed E-state index contributed by atoms with van der Waals surface area (Å²) in [5.74, 6) is 0.845. The van der Waals surface area contributed by atoms with Gasteiger partial charge in [-0.25, -0.2) is 13.4 Å². The van der Waals surface area contributed by atoms with Crippen LogP contribution >= 0.6 is 0 Å². The first-order chi connectivity index (χ1) is 14.3. The molecule has 2 aromatic heterocycles. The Morgan fingerprint density at radius 3 is 2.70 bits per heavy atom. The Morgan fingerprint density at radius 2 is 1.97 bits per heavy atom. The van der Waals surface area contributed by atoms with Gasteiger partial charge in [0.1, 0.15) is 21.2 Å². The van der Waals surface area contributed by atoms with Crippen molar-refractivity contribution in [3.05, 3.63) is 57.6 Å². The number of unbranched alkanes of at least 4 members (excludes halogenated alkanes) is 2. The molecule has 7 nitrogen and oxygen atoms in total.